The molecule has 1 unspecified atom stereocenters. The molecule has 0 aliphatic carbocycles. The molecule has 1 atom stereocenters. The SMILES string of the molecule is FC(C(F)(F)F)C(F)(F)[n+]1cncnc1. The fourth-order valence-corrected chi connectivity index (χ4v) is 0.753. The first-order valence-electron chi connectivity index (χ1n) is 3.51. The summed E-state index contributed by atoms with van der Waals surface area (Å²) < 4.78 is 72.9. The van der Waals surface area contributed by atoms with Crippen LogP contribution in [0.15, 0.2) is 19.0 Å². The molecule has 9 heteroatoms. The van der Waals surface area contributed by atoms with Crippen LogP contribution in [0, 0.1) is 0 Å². The zero-order valence-corrected chi connectivity index (χ0v) is 6.92. The second-order valence-corrected chi connectivity index (χ2v) is 2.54. The molecule has 0 saturated carbocycles. The maximum absolute atomic E-state index is 12.8. The minimum atomic E-state index is -5.65. The van der Waals surface area contributed by atoms with Gasteiger partial charge in [-0.05, 0) is 0 Å². The standard InChI is InChI=1S/C6H4F6N3/c7-4(5(8,9)10)6(11,12)15-2-13-1-14-3-15/h1-4H/q+1. The highest BCUT2D eigenvalue weighted by Crippen LogP contribution is 2.34. The van der Waals surface area contributed by atoms with Crippen molar-refractivity contribution < 1.29 is 30.9 Å². The van der Waals surface area contributed by atoms with Crippen molar-refractivity contribution in [3.63, 3.8) is 0 Å². The van der Waals surface area contributed by atoms with Crippen LogP contribution in [0.5, 0.6) is 0 Å². The highest BCUT2D eigenvalue weighted by molar-refractivity contribution is 4.70. The van der Waals surface area contributed by atoms with E-state index < -0.39 is 18.4 Å². The van der Waals surface area contributed by atoms with Crippen LogP contribution in [0.3, 0.4) is 0 Å². The van der Waals surface area contributed by atoms with Crippen molar-refractivity contribution >= 4 is 0 Å². The predicted molar refractivity (Wildman–Crippen MR) is 33.4 cm³/mol. The van der Waals surface area contributed by atoms with Crippen molar-refractivity contribution in [3.05, 3.63) is 19.0 Å². The molecule has 15 heavy (non-hydrogen) atoms. The number of aromatic nitrogens is 3. The van der Waals surface area contributed by atoms with Gasteiger partial charge >= 0.3 is 12.2 Å². The molecule has 0 aromatic carbocycles. The molecule has 0 amide bonds. The van der Waals surface area contributed by atoms with E-state index in [4.69, 9.17) is 0 Å². The van der Waals surface area contributed by atoms with E-state index >= 15 is 0 Å². The van der Waals surface area contributed by atoms with Gasteiger partial charge < -0.3 is 0 Å². The van der Waals surface area contributed by atoms with Crippen LogP contribution >= 0.6 is 0 Å². The van der Waals surface area contributed by atoms with Crippen molar-refractivity contribution in [1.29, 1.82) is 0 Å². The lowest BCUT2D eigenvalue weighted by molar-refractivity contribution is -0.838. The molecule has 0 fully saturated rings. The minimum Gasteiger partial charge on any atom is -0.226 e. The first-order chi connectivity index (χ1) is 6.76. The molecule has 1 rings (SSSR count). The Morgan fingerprint density at radius 2 is 1.47 bits per heavy atom. The first-order valence-corrected chi connectivity index (χ1v) is 3.51. The molecule has 0 aliphatic heterocycles. The molecule has 0 N–H and O–H groups in total. The van der Waals surface area contributed by atoms with Crippen molar-refractivity contribution in [2.45, 2.75) is 18.4 Å². The van der Waals surface area contributed by atoms with E-state index in [1.165, 1.54) is 0 Å². The summed E-state index contributed by atoms with van der Waals surface area (Å²) in [6.45, 7) is 0. The fraction of sp³-hybridized carbons (Fsp3) is 0.500. The minimum absolute atomic E-state index is 0.342. The highest BCUT2D eigenvalue weighted by atomic mass is 19.4. The summed E-state index contributed by atoms with van der Waals surface area (Å²) in [5, 5.41) is 0. The third-order valence-corrected chi connectivity index (χ3v) is 1.45. The number of hydrogen-bond acceptors (Lipinski definition) is 2. The summed E-state index contributed by atoms with van der Waals surface area (Å²) in [5.41, 5.74) is 0. The third-order valence-electron chi connectivity index (χ3n) is 1.45. The molecular weight excluding hydrogens is 228 g/mol. The number of hydrogen-bond donors (Lipinski definition) is 0. The Bertz CT molecular complexity index is 323. The van der Waals surface area contributed by atoms with Crippen LogP contribution in [0.25, 0.3) is 0 Å². The number of nitrogens with zero attached hydrogens (tertiary/aromatic N) is 3. The topological polar surface area (TPSA) is 29.7 Å². The molecule has 3 nitrogen and oxygen atoms in total. The van der Waals surface area contributed by atoms with Crippen LogP contribution in [-0.4, -0.2) is 22.3 Å². The van der Waals surface area contributed by atoms with E-state index in [1.807, 2.05) is 0 Å². The monoisotopic (exact) mass is 232 g/mol. The van der Waals surface area contributed by atoms with E-state index in [-0.39, 0.29) is 4.57 Å². The Hall–Kier alpha value is -1.41. The van der Waals surface area contributed by atoms with Gasteiger partial charge in [0.25, 0.3) is 12.5 Å². The van der Waals surface area contributed by atoms with Gasteiger partial charge in [-0.1, -0.05) is 9.97 Å². The van der Waals surface area contributed by atoms with Gasteiger partial charge in [-0.3, -0.25) is 0 Å². The number of alkyl halides is 6. The molecule has 1 heterocycles. The van der Waals surface area contributed by atoms with Crippen molar-refractivity contribution in [3.8, 4) is 0 Å². The summed E-state index contributed by atoms with van der Waals surface area (Å²) >= 11 is 0. The fourth-order valence-electron chi connectivity index (χ4n) is 0.753. The van der Waals surface area contributed by atoms with Crippen molar-refractivity contribution in [2.24, 2.45) is 0 Å². The Kier molecular flexibility index (Phi) is 2.82. The average Bonchev–Trinajstić information content (AvgIpc) is 2.16. The largest absolute Gasteiger partial charge is 0.429 e. The molecule has 0 saturated heterocycles. The molecule has 1 aromatic rings. The van der Waals surface area contributed by atoms with Gasteiger partial charge in [0.1, 0.15) is 0 Å². The summed E-state index contributed by atoms with van der Waals surface area (Å²) in [7, 11) is 0. The average molecular weight is 232 g/mol. The summed E-state index contributed by atoms with van der Waals surface area (Å²) in [5.74, 6) is 0. The third kappa shape index (κ3) is 2.34. The molecule has 0 aliphatic rings. The number of rotatable bonds is 2. The van der Waals surface area contributed by atoms with Crippen LogP contribution < -0.4 is 4.57 Å². The molecule has 1 aromatic heterocycles. The van der Waals surface area contributed by atoms with E-state index in [2.05, 4.69) is 9.97 Å². The van der Waals surface area contributed by atoms with Crippen LogP contribution in [0.2, 0.25) is 0 Å². The Morgan fingerprint density at radius 3 is 1.87 bits per heavy atom. The zero-order chi connectivity index (χ0) is 11.7. The van der Waals surface area contributed by atoms with E-state index in [0.717, 1.165) is 6.33 Å². The normalized spacial score (nSPS) is 15.1. The summed E-state index contributed by atoms with van der Waals surface area (Å²) in [6.07, 6.45) is -8.42. The van der Waals surface area contributed by atoms with Crippen molar-refractivity contribution in [1.82, 2.24) is 9.97 Å². The Balaban J connectivity index is 3.03. The van der Waals surface area contributed by atoms with Crippen LogP contribution in [0.1, 0.15) is 0 Å². The molecular formula is C6H4F6N3+. The molecule has 0 spiro atoms. The summed E-state index contributed by atoms with van der Waals surface area (Å²) in [6, 6.07) is -4.76. The van der Waals surface area contributed by atoms with Gasteiger partial charge in [0.2, 0.25) is 12.7 Å². The Morgan fingerprint density at radius 1 is 1.00 bits per heavy atom. The lowest BCUT2D eigenvalue weighted by atomic mass is 10.3. The van der Waals surface area contributed by atoms with Gasteiger partial charge in [0, 0.05) is 0 Å². The second kappa shape index (κ2) is 3.63. The van der Waals surface area contributed by atoms with Gasteiger partial charge in [-0.2, -0.15) is 26.5 Å². The lowest BCUT2D eigenvalue weighted by Gasteiger charge is -2.20. The van der Waals surface area contributed by atoms with Gasteiger partial charge in [0.05, 0.1) is 0 Å². The van der Waals surface area contributed by atoms with E-state index in [0.29, 0.717) is 12.7 Å². The Labute approximate surface area is 79.4 Å². The van der Waals surface area contributed by atoms with Gasteiger partial charge in [0.15, 0.2) is 0 Å². The van der Waals surface area contributed by atoms with E-state index in [9.17, 15) is 26.3 Å². The second-order valence-electron chi connectivity index (χ2n) is 2.54. The van der Waals surface area contributed by atoms with Crippen LogP contribution in [-0.2, 0) is 6.05 Å². The van der Waals surface area contributed by atoms with Crippen LogP contribution in [0.4, 0.5) is 26.3 Å². The maximum Gasteiger partial charge on any atom is 0.429 e. The van der Waals surface area contributed by atoms with Gasteiger partial charge in [-0.25, -0.2) is 4.39 Å². The molecule has 0 bridgehead atoms. The lowest BCUT2D eigenvalue weighted by Crippen LogP contribution is -2.59. The zero-order valence-electron chi connectivity index (χ0n) is 6.92. The first kappa shape index (κ1) is 11.7. The number of halogens is 6. The summed E-state index contributed by atoms with van der Waals surface area (Å²) in [4.78, 5) is 6.11. The highest BCUT2D eigenvalue weighted by Gasteiger charge is 2.60. The quantitative estimate of drug-likeness (QED) is 0.566. The smallest absolute Gasteiger partial charge is 0.226 e. The maximum atomic E-state index is 12.8. The van der Waals surface area contributed by atoms with Crippen molar-refractivity contribution in [2.75, 3.05) is 0 Å². The predicted octanol–water partition coefficient (Wildman–Crippen LogP) is 1.21. The van der Waals surface area contributed by atoms with E-state index in [1.54, 1.807) is 0 Å². The molecule has 0 radical (unpaired) electrons. The van der Waals surface area contributed by atoms with Gasteiger partial charge in [-0.15, -0.1) is 0 Å². The molecule has 84 valence electrons.